The van der Waals surface area contributed by atoms with Crippen LogP contribution in [-0.2, 0) is 11.3 Å². The SMILES string of the molecule is O=CC1(O)CCN(Cc2ccccc2)CC1. The van der Waals surface area contributed by atoms with Crippen LogP contribution in [0.25, 0.3) is 0 Å². The van der Waals surface area contributed by atoms with Gasteiger partial charge in [-0.05, 0) is 18.4 Å². The highest BCUT2D eigenvalue weighted by atomic mass is 16.3. The Morgan fingerprint density at radius 3 is 2.44 bits per heavy atom. The van der Waals surface area contributed by atoms with E-state index in [-0.39, 0.29) is 0 Å². The largest absolute Gasteiger partial charge is 0.382 e. The summed E-state index contributed by atoms with van der Waals surface area (Å²) < 4.78 is 0. The first-order valence-corrected chi connectivity index (χ1v) is 5.67. The van der Waals surface area contributed by atoms with Gasteiger partial charge in [0.05, 0.1) is 0 Å². The first-order valence-electron chi connectivity index (χ1n) is 5.67. The zero-order valence-electron chi connectivity index (χ0n) is 9.30. The molecule has 0 aliphatic carbocycles. The van der Waals surface area contributed by atoms with Gasteiger partial charge in [0, 0.05) is 19.6 Å². The van der Waals surface area contributed by atoms with Crippen molar-refractivity contribution in [3.63, 3.8) is 0 Å². The van der Waals surface area contributed by atoms with Crippen LogP contribution < -0.4 is 0 Å². The van der Waals surface area contributed by atoms with Crippen molar-refractivity contribution in [3.8, 4) is 0 Å². The van der Waals surface area contributed by atoms with Crippen LogP contribution in [0.3, 0.4) is 0 Å². The van der Waals surface area contributed by atoms with Crippen LogP contribution in [0.4, 0.5) is 0 Å². The molecule has 0 radical (unpaired) electrons. The molecule has 0 bridgehead atoms. The number of aldehydes is 1. The molecule has 3 heteroatoms. The predicted octanol–water partition coefficient (Wildman–Crippen LogP) is 1.21. The van der Waals surface area contributed by atoms with Crippen LogP contribution in [-0.4, -0.2) is 35.0 Å². The number of hydrogen-bond acceptors (Lipinski definition) is 3. The van der Waals surface area contributed by atoms with Crippen molar-refractivity contribution in [3.05, 3.63) is 35.9 Å². The molecule has 1 aromatic rings. The Balaban J connectivity index is 1.88. The number of piperidine rings is 1. The van der Waals surface area contributed by atoms with E-state index in [0.29, 0.717) is 19.1 Å². The van der Waals surface area contributed by atoms with E-state index in [2.05, 4.69) is 17.0 Å². The molecule has 2 rings (SSSR count). The molecule has 86 valence electrons. The Morgan fingerprint density at radius 2 is 1.88 bits per heavy atom. The lowest BCUT2D eigenvalue weighted by Crippen LogP contribution is -2.44. The van der Waals surface area contributed by atoms with Gasteiger partial charge in [-0.2, -0.15) is 0 Å². The molecule has 1 N–H and O–H groups in total. The molecule has 1 aromatic carbocycles. The quantitative estimate of drug-likeness (QED) is 0.777. The summed E-state index contributed by atoms with van der Waals surface area (Å²) in [4.78, 5) is 12.9. The minimum absolute atomic E-state index is 0.545. The fourth-order valence-corrected chi connectivity index (χ4v) is 2.06. The molecule has 1 aliphatic rings. The maximum Gasteiger partial charge on any atom is 0.151 e. The summed E-state index contributed by atoms with van der Waals surface area (Å²) in [5, 5.41) is 9.77. The van der Waals surface area contributed by atoms with Gasteiger partial charge < -0.3 is 9.90 Å². The van der Waals surface area contributed by atoms with Crippen LogP contribution >= 0.6 is 0 Å². The Hall–Kier alpha value is -1.19. The maximum absolute atomic E-state index is 10.7. The van der Waals surface area contributed by atoms with Gasteiger partial charge in [-0.25, -0.2) is 0 Å². The summed E-state index contributed by atoms with van der Waals surface area (Å²) in [6.07, 6.45) is 1.78. The number of carbonyl (C=O) groups excluding carboxylic acids is 1. The van der Waals surface area contributed by atoms with E-state index in [1.54, 1.807) is 0 Å². The minimum Gasteiger partial charge on any atom is -0.382 e. The highest BCUT2D eigenvalue weighted by Gasteiger charge is 2.31. The van der Waals surface area contributed by atoms with Gasteiger partial charge in [0.2, 0.25) is 0 Å². The molecule has 1 saturated heterocycles. The van der Waals surface area contributed by atoms with Crippen LogP contribution in [0.2, 0.25) is 0 Å². The van der Waals surface area contributed by atoms with Gasteiger partial charge in [0.1, 0.15) is 5.60 Å². The predicted molar refractivity (Wildman–Crippen MR) is 62.0 cm³/mol. The van der Waals surface area contributed by atoms with E-state index in [1.165, 1.54) is 5.56 Å². The number of hydrogen-bond donors (Lipinski definition) is 1. The van der Waals surface area contributed by atoms with Gasteiger partial charge in [-0.3, -0.25) is 4.90 Å². The van der Waals surface area contributed by atoms with E-state index in [0.717, 1.165) is 19.6 Å². The van der Waals surface area contributed by atoms with E-state index in [1.807, 2.05) is 18.2 Å². The molecule has 1 heterocycles. The van der Waals surface area contributed by atoms with E-state index in [4.69, 9.17) is 0 Å². The fourth-order valence-electron chi connectivity index (χ4n) is 2.06. The topological polar surface area (TPSA) is 40.5 Å². The van der Waals surface area contributed by atoms with Crippen molar-refractivity contribution in [2.75, 3.05) is 13.1 Å². The lowest BCUT2D eigenvalue weighted by Gasteiger charge is -2.34. The zero-order chi connectivity index (χ0) is 11.4. The highest BCUT2D eigenvalue weighted by molar-refractivity contribution is 5.62. The maximum atomic E-state index is 10.7. The summed E-state index contributed by atoms with van der Waals surface area (Å²) in [5.41, 5.74) is 0.201. The van der Waals surface area contributed by atoms with Gasteiger partial charge in [0.25, 0.3) is 0 Å². The normalized spacial score (nSPS) is 20.6. The lowest BCUT2D eigenvalue weighted by atomic mass is 9.93. The number of nitrogens with zero attached hydrogens (tertiary/aromatic N) is 1. The van der Waals surface area contributed by atoms with Crippen molar-refractivity contribution in [2.45, 2.75) is 25.0 Å². The Morgan fingerprint density at radius 1 is 1.25 bits per heavy atom. The van der Waals surface area contributed by atoms with Crippen molar-refractivity contribution in [1.29, 1.82) is 0 Å². The summed E-state index contributed by atoms with van der Waals surface area (Å²) >= 11 is 0. The molecule has 1 fully saturated rings. The third kappa shape index (κ3) is 2.68. The smallest absolute Gasteiger partial charge is 0.151 e. The molecule has 1 aliphatic heterocycles. The molecule has 0 unspecified atom stereocenters. The zero-order valence-corrected chi connectivity index (χ0v) is 9.30. The summed E-state index contributed by atoms with van der Waals surface area (Å²) in [6.45, 7) is 2.46. The lowest BCUT2D eigenvalue weighted by molar-refractivity contribution is -0.128. The second-order valence-electron chi connectivity index (χ2n) is 4.48. The van der Waals surface area contributed by atoms with Crippen molar-refractivity contribution in [1.82, 2.24) is 4.90 Å². The van der Waals surface area contributed by atoms with Crippen molar-refractivity contribution < 1.29 is 9.90 Å². The summed E-state index contributed by atoms with van der Waals surface area (Å²) in [5.74, 6) is 0. The first kappa shape index (κ1) is 11.3. The van der Waals surface area contributed by atoms with Gasteiger partial charge in [-0.1, -0.05) is 30.3 Å². The number of aliphatic hydroxyl groups is 1. The van der Waals surface area contributed by atoms with E-state index >= 15 is 0 Å². The third-order valence-corrected chi connectivity index (χ3v) is 3.19. The van der Waals surface area contributed by atoms with Gasteiger partial charge >= 0.3 is 0 Å². The number of likely N-dealkylation sites (tertiary alicyclic amines) is 1. The number of benzene rings is 1. The van der Waals surface area contributed by atoms with Crippen molar-refractivity contribution >= 4 is 6.29 Å². The van der Waals surface area contributed by atoms with Crippen molar-refractivity contribution in [2.24, 2.45) is 0 Å². The van der Waals surface area contributed by atoms with Crippen LogP contribution in [0.5, 0.6) is 0 Å². The van der Waals surface area contributed by atoms with E-state index in [9.17, 15) is 9.90 Å². The molecular weight excluding hydrogens is 202 g/mol. The average Bonchev–Trinajstić information content (AvgIpc) is 2.34. The van der Waals surface area contributed by atoms with Crippen LogP contribution in [0, 0.1) is 0 Å². The molecule has 0 amide bonds. The third-order valence-electron chi connectivity index (χ3n) is 3.19. The molecule has 3 nitrogen and oxygen atoms in total. The molecule has 16 heavy (non-hydrogen) atoms. The number of carbonyl (C=O) groups is 1. The fraction of sp³-hybridized carbons (Fsp3) is 0.462. The van der Waals surface area contributed by atoms with Crippen LogP contribution in [0.1, 0.15) is 18.4 Å². The van der Waals surface area contributed by atoms with Gasteiger partial charge in [-0.15, -0.1) is 0 Å². The summed E-state index contributed by atoms with van der Waals surface area (Å²) in [7, 11) is 0. The van der Waals surface area contributed by atoms with Gasteiger partial charge in [0.15, 0.2) is 6.29 Å². The highest BCUT2D eigenvalue weighted by Crippen LogP contribution is 2.21. The number of rotatable bonds is 3. The standard InChI is InChI=1S/C13H17NO2/c15-11-13(16)6-8-14(9-7-13)10-12-4-2-1-3-5-12/h1-5,11,16H,6-10H2. The Labute approximate surface area is 95.7 Å². The average molecular weight is 219 g/mol. The molecule has 0 atom stereocenters. The minimum atomic E-state index is -1.08. The Kier molecular flexibility index (Phi) is 3.36. The molecule has 0 spiro atoms. The second kappa shape index (κ2) is 4.76. The van der Waals surface area contributed by atoms with Crippen LogP contribution in [0.15, 0.2) is 30.3 Å². The van der Waals surface area contributed by atoms with E-state index < -0.39 is 5.60 Å². The molecular formula is C13H17NO2. The Bertz CT molecular complexity index is 342. The monoisotopic (exact) mass is 219 g/mol. The first-order chi connectivity index (χ1) is 7.72. The molecule has 0 saturated carbocycles. The second-order valence-corrected chi connectivity index (χ2v) is 4.48. The summed E-state index contributed by atoms with van der Waals surface area (Å²) in [6, 6.07) is 10.3. The molecule has 0 aromatic heterocycles.